The number of aromatic nitrogens is 2. The van der Waals surface area contributed by atoms with Crippen LogP contribution in [0.3, 0.4) is 0 Å². The van der Waals surface area contributed by atoms with Gasteiger partial charge in [-0.1, -0.05) is 25.1 Å². The van der Waals surface area contributed by atoms with Crippen molar-refractivity contribution in [3.63, 3.8) is 0 Å². The van der Waals surface area contributed by atoms with Crippen LogP contribution in [-0.2, 0) is 37.6 Å². The smallest absolute Gasteiger partial charge is 0.407 e. The summed E-state index contributed by atoms with van der Waals surface area (Å²) in [5, 5.41) is 3.61. The molecule has 2 aliphatic rings. The maximum atomic E-state index is 13.7. The van der Waals surface area contributed by atoms with E-state index in [2.05, 4.69) is 5.32 Å². The van der Waals surface area contributed by atoms with Crippen LogP contribution >= 0.6 is 0 Å². The van der Waals surface area contributed by atoms with Gasteiger partial charge in [0.2, 0.25) is 0 Å². The minimum atomic E-state index is -1.53. The first kappa shape index (κ1) is 26.6. The molecule has 204 valence electrons. The molecule has 0 fully saturated rings. The van der Waals surface area contributed by atoms with E-state index in [4.69, 9.17) is 14.5 Å². The second-order valence-electron chi connectivity index (χ2n) is 11.1. The van der Waals surface area contributed by atoms with Gasteiger partial charge in [0.1, 0.15) is 5.60 Å². The van der Waals surface area contributed by atoms with E-state index >= 15 is 0 Å². The third-order valence-electron chi connectivity index (χ3n) is 7.27. The number of rotatable bonds is 6. The Bertz CT molecular complexity index is 1550. The molecular formula is C30H33N3O6. The van der Waals surface area contributed by atoms with Gasteiger partial charge >= 0.3 is 12.1 Å². The van der Waals surface area contributed by atoms with Gasteiger partial charge in [-0.15, -0.1) is 0 Å². The third kappa shape index (κ3) is 4.93. The summed E-state index contributed by atoms with van der Waals surface area (Å²) in [5.41, 5.74) is 1.74. The Morgan fingerprint density at radius 1 is 1.13 bits per heavy atom. The zero-order valence-electron chi connectivity index (χ0n) is 22.8. The molecule has 9 heteroatoms. The minimum absolute atomic E-state index is 0.000459. The standard InChI is InChI=1S/C30H33N3O6/c1-5-30(38-25(35)11-8-14-31-28(37)39-29(2,3)4)21-16-23-26-19(15-18-9-6-7-10-22(18)32-26)17-33(23)27(36)20(21)12-13-24(30)34/h6-7,9-10,15-16H,5,8,11-14,17H2,1-4H3,(H,31,37)/t30-/m0/s1. The number of ether oxygens (including phenoxy) is 2. The summed E-state index contributed by atoms with van der Waals surface area (Å²) in [6.07, 6.45) is 0.391. The van der Waals surface area contributed by atoms with E-state index < -0.39 is 23.3 Å². The van der Waals surface area contributed by atoms with E-state index in [-0.39, 0.29) is 37.1 Å². The average molecular weight is 532 g/mol. The second kappa shape index (κ2) is 9.94. The Labute approximate surface area is 226 Å². The highest BCUT2D eigenvalue weighted by atomic mass is 16.6. The number of benzene rings is 1. The summed E-state index contributed by atoms with van der Waals surface area (Å²) in [6, 6.07) is 11.7. The number of carbonyl (C=O) groups is 3. The van der Waals surface area contributed by atoms with Crippen LogP contribution in [-0.4, -0.2) is 39.5 Å². The van der Waals surface area contributed by atoms with Crippen molar-refractivity contribution in [2.24, 2.45) is 0 Å². The number of carbonyl (C=O) groups excluding carboxylic acids is 3. The number of pyridine rings is 2. The lowest BCUT2D eigenvalue weighted by atomic mass is 9.76. The molecule has 1 N–H and O–H groups in total. The van der Waals surface area contributed by atoms with Gasteiger partial charge in [-0.25, -0.2) is 9.78 Å². The number of ketones is 1. The fourth-order valence-electron chi connectivity index (χ4n) is 5.46. The number of hydrogen-bond donors (Lipinski definition) is 1. The van der Waals surface area contributed by atoms with Crippen LogP contribution in [0.1, 0.15) is 70.1 Å². The van der Waals surface area contributed by atoms with Crippen molar-refractivity contribution in [3.05, 3.63) is 63.4 Å². The lowest BCUT2D eigenvalue weighted by Gasteiger charge is -2.36. The van der Waals surface area contributed by atoms with Gasteiger partial charge in [0.05, 0.1) is 23.4 Å². The molecule has 0 unspecified atom stereocenters. The number of alkyl carbamates (subject to hydrolysis) is 1. The van der Waals surface area contributed by atoms with Gasteiger partial charge in [0.15, 0.2) is 11.4 Å². The van der Waals surface area contributed by atoms with Gasteiger partial charge < -0.3 is 19.4 Å². The first-order chi connectivity index (χ1) is 18.5. The van der Waals surface area contributed by atoms with Crippen molar-refractivity contribution >= 4 is 28.7 Å². The molecule has 0 bridgehead atoms. The average Bonchev–Trinajstić information content (AvgIpc) is 3.24. The van der Waals surface area contributed by atoms with Crippen molar-refractivity contribution in [1.82, 2.24) is 14.9 Å². The maximum absolute atomic E-state index is 13.7. The minimum Gasteiger partial charge on any atom is -0.446 e. The molecule has 1 aliphatic heterocycles. The zero-order valence-corrected chi connectivity index (χ0v) is 22.8. The van der Waals surface area contributed by atoms with Crippen LogP contribution in [0.15, 0.2) is 41.2 Å². The number of fused-ring (bicyclic) bond motifs is 5. The van der Waals surface area contributed by atoms with Gasteiger partial charge in [-0.05, 0) is 58.2 Å². The van der Waals surface area contributed by atoms with Crippen LogP contribution in [0.25, 0.3) is 22.3 Å². The van der Waals surface area contributed by atoms with Gasteiger partial charge in [0.25, 0.3) is 5.56 Å². The van der Waals surface area contributed by atoms with Crippen LogP contribution in [0, 0.1) is 0 Å². The Kier molecular flexibility index (Phi) is 6.78. The van der Waals surface area contributed by atoms with Gasteiger partial charge in [0, 0.05) is 41.5 Å². The molecule has 2 aromatic heterocycles. The van der Waals surface area contributed by atoms with E-state index in [1.165, 1.54) is 0 Å². The summed E-state index contributed by atoms with van der Waals surface area (Å²) in [5.74, 6) is -0.777. The molecule has 1 atom stereocenters. The molecule has 0 saturated carbocycles. The Morgan fingerprint density at radius 2 is 1.90 bits per heavy atom. The predicted octanol–water partition coefficient (Wildman–Crippen LogP) is 4.39. The van der Waals surface area contributed by atoms with Crippen molar-refractivity contribution in [1.29, 1.82) is 0 Å². The van der Waals surface area contributed by atoms with Crippen LogP contribution in [0.4, 0.5) is 4.79 Å². The van der Waals surface area contributed by atoms with Crippen molar-refractivity contribution in [2.75, 3.05) is 6.54 Å². The SMILES string of the molecule is CC[C@@]1(OC(=O)CCCNC(=O)OC(C)(C)C)C(=O)CCc2c1cc1n(c2=O)Cc2cc3ccccc3nc2-1. The topological polar surface area (TPSA) is 117 Å². The molecule has 39 heavy (non-hydrogen) atoms. The van der Waals surface area contributed by atoms with E-state index in [1.807, 2.05) is 36.4 Å². The van der Waals surface area contributed by atoms with Crippen LogP contribution in [0.5, 0.6) is 0 Å². The van der Waals surface area contributed by atoms with E-state index in [0.29, 0.717) is 41.9 Å². The molecule has 3 aromatic rings. The lowest BCUT2D eigenvalue weighted by Crippen LogP contribution is -2.46. The molecule has 0 radical (unpaired) electrons. The summed E-state index contributed by atoms with van der Waals surface area (Å²) in [7, 11) is 0. The fourth-order valence-corrected chi connectivity index (χ4v) is 5.46. The monoisotopic (exact) mass is 531 g/mol. The molecule has 3 heterocycles. The normalized spacial score (nSPS) is 17.8. The number of nitrogens with one attached hydrogen (secondary N) is 1. The Hall–Kier alpha value is -4.01. The zero-order chi connectivity index (χ0) is 27.9. The van der Waals surface area contributed by atoms with E-state index in [9.17, 15) is 19.2 Å². The summed E-state index contributed by atoms with van der Waals surface area (Å²) >= 11 is 0. The Balaban J connectivity index is 1.41. The van der Waals surface area contributed by atoms with E-state index in [0.717, 1.165) is 16.5 Å². The highest BCUT2D eigenvalue weighted by Crippen LogP contribution is 2.41. The van der Waals surface area contributed by atoms with Gasteiger partial charge in [-0.3, -0.25) is 14.4 Å². The quantitative estimate of drug-likeness (QED) is 0.290. The molecule has 1 aliphatic carbocycles. The molecule has 1 aromatic carbocycles. The summed E-state index contributed by atoms with van der Waals surface area (Å²) in [4.78, 5) is 56.7. The third-order valence-corrected chi connectivity index (χ3v) is 7.27. The fraction of sp³-hybridized carbons (Fsp3) is 0.433. The van der Waals surface area contributed by atoms with Crippen LogP contribution < -0.4 is 10.9 Å². The maximum Gasteiger partial charge on any atom is 0.407 e. The largest absolute Gasteiger partial charge is 0.446 e. The Morgan fingerprint density at radius 3 is 2.64 bits per heavy atom. The highest BCUT2D eigenvalue weighted by Gasteiger charge is 2.48. The van der Waals surface area contributed by atoms with Crippen molar-refractivity contribution in [2.45, 2.75) is 77.5 Å². The number of para-hydroxylation sites is 1. The summed E-state index contributed by atoms with van der Waals surface area (Å²) in [6.45, 7) is 7.72. The number of Topliss-reactive ketones (excluding diaryl/α,β-unsaturated/α-hetero) is 1. The predicted molar refractivity (Wildman–Crippen MR) is 145 cm³/mol. The number of hydrogen-bond acceptors (Lipinski definition) is 7. The van der Waals surface area contributed by atoms with E-state index in [1.54, 1.807) is 32.3 Å². The molecule has 5 rings (SSSR count). The summed E-state index contributed by atoms with van der Waals surface area (Å²) < 4.78 is 12.8. The second-order valence-corrected chi connectivity index (χ2v) is 11.1. The number of nitrogens with zero attached hydrogens (tertiary/aromatic N) is 2. The van der Waals surface area contributed by atoms with Gasteiger partial charge in [-0.2, -0.15) is 0 Å². The van der Waals surface area contributed by atoms with Crippen LogP contribution in [0.2, 0.25) is 0 Å². The molecule has 9 nitrogen and oxygen atoms in total. The number of amides is 1. The first-order valence-corrected chi connectivity index (χ1v) is 13.4. The molecule has 0 spiro atoms. The van der Waals surface area contributed by atoms with Crippen molar-refractivity contribution < 1.29 is 23.9 Å². The number of esters is 1. The van der Waals surface area contributed by atoms with Crippen molar-refractivity contribution in [3.8, 4) is 11.4 Å². The molecular weight excluding hydrogens is 498 g/mol. The highest BCUT2D eigenvalue weighted by molar-refractivity contribution is 5.93. The first-order valence-electron chi connectivity index (χ1n) is 13.4. The molecule has 1 amide bonds. The molecule has 0 saturated heterocycles. The lowest BCUT2D eigenvalue weighted by molar-refractivity contribution is -0.170.